The second kappa shape index (κ2) is 5.28. The number of hydrogen-bond donors (Lipinski definition) is 0. The van der Waals surface area contributed by atoms with Gasteiger partial charge in [0.1, 0.15) is 17.2 Å². The minimum absolute atomic E-state index is 0.0767. The van der Waals surface area contributed by atoms with Crippen LogP contribution in [0.4, 0.5) is 4.39 Å². The average Bonchev–Trinajstić information content (AvgIpc) is 2.83. The molecule has 0 saturated heterocycles. The van der Waals surface area contributed by atoms with Crippen molar-refractivity contribution in [2.24, 2.45) is 0 Å². The molecular formula is C15H12Cl2FN3. The number of fused-ring (bicyclic) bond motifs is 1. The van der Waals surface area contributed by atoms with E-state index in [1.165, 1.54) is 12.1 Å². The van der Waals surface area contributed by atoms with Crippen LogP contribution in [0.3, 0.4) is 0 Å². The first-order chi connectivity index (χ1) is 9.99. The monoisotopic (exact) mass is 323 g/mol. The third-order valence-electron chi connectivity index (χ3n) is 3.29. The number of pyridine rings is 1. The van der Waals surface area contributed by atoms with E-state index in [0.717, 1.165) is 11.1 Å². The molecule has 1 aromatic carbocycles. The molecule has 21 heavy (non-hydrogen) atoms. The van der Waals surface area contributed by atoms with Gasteiger partial charge in [0.05, 0.1) is 16.1 Å². The number of aromatic nitrogens is 3. The van der Waals surface area contributed by atoms with Crippen LogP contribution in [-0.2, 0) is 0 Å². The van der Waals surface area contributed by atoms with E-state index in [1.54, 1.807) is 16.8 Å². The van der Waals surface area contributed by atoms with E-state index in [-0.39, 0.29) is 10.4 Å². The molecule has 3 nitrogen and oxygen atoms in total. The lowest BCUT2D eigenvalue weighted by Crippen LogP contribution is -2.03. The Hall–Kier alpha value is -1.65. The molecule has 3 rings (SSSR count). The summed E-state index contributed by atoms with van der Waals surface area (Å²) >= 11 is 12.0. The zero-order valence-electron chi connectivity index (χ0n) is 11.4. The van der Waals surface area contributed by atoms with Crippen molar-refractivity contribution in [2.75, 3.05) is 0 Å². The Morgan fingerprint density at radius 3 is 2.71 bits per heavy atom. The SMILES string of the molecule is Cc1ccnc2c1nc(C(C)Cl)n2-c1ccc(Cl)c(F)c1. The summed E-state index contributed by atoms with van der Waals surface area (Å²) < 4.78 is 15.5. The lowest BCUT2D eigenvalue weighted by atomic mass is 10.2. The van der Waals surface area contributed by atoms with Gasteiger partial charge in [-0.25, -0.2) is 14.4 Å². The van der Waals surface area contributed by atoms with Gasteiger partial charge in [-0.15, -0.1) is 11.6 Å². The van der Waals surface area contributed by atoms with Crippen molar-refractivity contribution < 1.29 is 4.39 Å². The number of hydrogen-bond acceptors (Lipinski definition) is 2. The fraction of sp³-hybridized carbons (Fsp3) is 0.200. The quantitative estimate of drug-likeness (QED) is 0.633. The minimum atomic E-state index is -0.489. The van der Waals surface area contributed by atoms with Gasteiger partial charge in [0.2, 0.25) is 0 Å². The minimum Gasteiger partial charge on any atom is -0.279 e. The summed E-state index contributed by atoms with van der Waals surface area (Å²) in [7, 11) is 0. The first-order valence-electron chi connectivity index (χ1n) is 6.42. The summed E-state index contributed by atoms with van der Waals surface area (Å²) in [4.78, 5) is 8.91. The number of imidazole rings is 1. The van der Waals surface area contributed by atoms with Crippen LogP contribution in [0.5, 0.6) is 0 Å². The van der Waals surface area contributed by atoms with Crippen LogP contribution in [0.1, 0.15) is 23.7 Å². The Bertz CT molecular complexity index is 827. The first kappa shape index (κ1) is 14.3. The summed E-state index contributed by atoms with van der Waals surface area (Å²) in [5.41, 5.74) is 3.00. The molecule has 0 amide bonds. The maximum Gasteiger partial charge on any atom is 0.164 e. The molecule has 1 atom stereocenters. The van der Waals surface area contributed by atoms with Gasteiger partial charge in [-0.2, -0.15) is 0 Å². The van der Waals surface area contributed by atoms with Crippen LogP contribution in [0.15, 0.2) is 30.5 Å². The molecule has 6 heteroatoms. The van der Waals surface area contributed by atoms with Crippen molar-refractivity contribution >= 4 is 34.4 Å². The lowest BCUT2D eigenvalue weighted by molar-refractivity contribution is 0.626. The first-order valence-corrected chi connectivity index (χ1v) is 7.24. The van der Waals surface area contributed by atoms with E-state index in [9.17, 15) is 4.39 Å². The van der Waals surface area contributed by atoms with Gasteiger partial charge in [-0.1, -0.05) is 11.6 Å². The van der Waals surface area contributed by atoms with Crippen molar-refractivity contribution in [3.05, 3.63) is 52.7 Å². The highest BCUT2D eigenvalue weighted by Gasteiger charge is 2.19. The van der Waals surface area contributed by atoms with Crippen molar-refractivity contribution in [3.63, 3.8) is 0 Å². The third-order valence-corrected chi connectivity index (χ3v) is 3.79. The van der Waals surface area contributed by atoms with Crippen LogP contribution in [0.25, 0.3) is 16.9 Å². The number of nitrogens with zero attached hydrogens (tertiary/aromatic N) is 3. The standard InChI is InChI=1S/C15H12Cl2FN3/c1-8-5-6-19-15-13(8)20-14(9(2)16)21(15)10-3-4-11(17)12(18)7-10/h3-7,9H,1-2H3. The van der Waals surface area contributed by atoms with Gasteiger partial charge in [-0.05, 0) is 43.7 Å². The largest absolute Gasteiger partial charge is 0.279 e. The smallest absolute Gasteiger partial charge is 0.164 e. The maximum absolute atomic E-state index is 13.8. The van der Waals surface area contributed by atoms with Gasteiger partial charge < -0.3 is 0 Å². The molecule has 0 saturated carbocycles. The fourth-order valence-electron chi connectivity index (χ4n) is 2.26. The highest BCUT2D eigenvalue weighted by molar-refractivity contribution is 6.30. The average molecular weight is 324 g/mol. The van der Waals surface area contributed by atoms with Crippen molar-refractivity contribution in [2.45, 2.75) is 19.2 Å². The van der Waals surface area contributed by atoms with Crippen molar-refractivity contribution in [1.82, 2.24) is 14.5 Å². The molecule has 1 unspecified atom stereocenters. The summed E-state index contributed by atoms with van der Waals surface area (Å²) in [6.45, 7) is 3.77. The molecule has 108 valence electrons. The Morgan fingerprint density at radius 1 is 1.29 bits per heavy atom. The molecule has 2 aromatic heterocycles. The van der Waals surface area contributed by atoms with Crippen LogP contribution in [0.2, 0.25) is 5.02 Å². The molecule has 0 aliphatic carbocycles. The van der Waals surface area contributed by atoms with Crippen LogP contribution in [0, 0.1) is 12.7 Å². The van der Waals surface area contributed by atoms with Gasteiger partial charge in [0.15, 0.2) is 5.65 Å². The van der Waals surface area contributed by atoms with Gasteiger partial charge >= 0.3 is 0 Å². The molecule has 0 aliphatic rings. The van der Waals surface area contributed by atoms with Crippen molar-refractivity contribution in [1.29, 1.82) is 0 Å². The van der Waals surface area contributed by atoms with E-state index in [4.69, 9.17) is 23.2 Å². The molecule has 3 aromatic rings. The topological polar surface area (TPSA) is 30.7 Å². The Morgan fingerprint density at radius 2 is 2.05 bits per heavy atom. The number of alkyl halides is 1. The second-order valence-corrected chi connectivity index (χ2v) is 5.88. The van der Waals surface area contributed by atoms with Crippen LogP contribution < -0.4 is 0 Å². The summed E-state index contributed by atoms with van der Waals surface area (Å²) in [6, 6.07) is 6.47. The normalized spacial score (nSPS) is 12.8. The van der Waals surface area contributed by atoms with Crippen LogP contribution >= 0.6 is 23.2 Å². The highest BCUT2D eigenvalue weighted by atomic mass is 35.5. The molecule has 0 fully saturated rings. The van der Waals surface area contributed by atoms with E-state index in [0.29, 0.717) is 17.2 Å². The third kappa shape index (κ3) is 2.39. The summed E-state index contributed by atoms with van der Waals surface area (Å²) in [6.07, 6.45) is 1.70. The highest BCUT2D eigenvalue weighted by Crippen LogP contribution is 2.29. The Labute approximate surface area is 131 Å². The predicted molar refractivity (Wildman–Crippen MR) is 82.8 cm³/mol. The lowest BCUT2D eigenvalue weighted by Gasteiger charge is -2.10. The summed E-state index contributed by atoms with van der Waals surface area (Å²) in [5, 5.41) is -0.259. The second-order valence-electron chi connectivity index (χ2n) is 4.82. The number of rotatable bonds is 2. The van der Waals surface area contributed by atoms with Gasteiger partial charge in [0, 0.05) is 6.20 Å². The molecule has 0 aliphatic heterocycles. The van der Waals surface area contributed by atoms with Gasteiger partial charge in [0.25, 0.3) is 0 Å². The molecule has 0 radical (unpaired) electrons. The fourth-order valence-corrected chi connectivity index (χ4v) is 2.52. The number of halogens is 3. The van der Waals surface area contributed by atoms with Gasteiger partial charge in [-0.3, -0.25) is 4.57 Å². The number of benzene rings is 1. The zero-order chi connectivity index (χ0) is 15.1. The number of aryl methyl sites for hydroxylation is 1. The molecule has 0 spiro atoms. The molecular weight excluding hydrogens is 312 g/mol. The van der Waals surface area contributed by atoms with E-state index in [2.05, 4.69) is 9.97 Å². The Balaban J connectivity index is 2.36. The summed E-state index contributed by atoms with van der Waals surface area (Å²) in [5.74, 6) is 0.132. The molecule has 2 heterocycles. The maximum atomic E-state index is 13.8. The van der Waals surface area contributed by atoms with E-state index < -0.39 is 5.82 Å². The Kier molecular flexibility index (Phi) is 3.59. The van der Waals surface area contributed by atoms with E-state index in [1.807, 2.05) is 19.9 Å². The molecule has 0 bridgehead atoms. The van der Waals surface area contributed by atoms with Crippen LogP contribution in [-0.4, -0.2) is 14.5 Å². The predicted octanol–water partition coefficient (Wildman–Crippen LogP) is 4.82. The zero-order valence-corrected chi connectivity index (χ0v) is 13.0. The molecule has 0 N–H and O–H groups in total. The van der Waals surface area contributed by atoms with Crippen molar-refractivity contribution in [3.8, 4) is 5.69 Å². The van der Waals surface area contributed by atoms with E-state index >= 15 is 0 Å².